The van der Waals surface area contributed by atoms with Crippen molar-refractivity contribution in [3.8, 4) is 16.9 Å². The van der Waals surface area contributed by atoms with E-state index in [9.17, 15) is 9.18 Å². The lowest BCUT2D eigenvalue weighted by molar-refractivity contribution is 0.0697. The molecule has 2 aromatic carbocycles. The highest BCUT2D eigenvalue weighted by molar-refractivity contribution is 6.31. The van der Waals surface area contributed by atoms with Crippen LogP contribution in [-0.2, 0) is 0 Å². The molecule has 0 radical (unpaired) electrons. The molecule has 0 aromatic heterocycles. The summed E-state index contributed by atoms with van der Waals surface area (Å²) in [5, 5.41) is 9.28. The van der Waals surface area contributed by atoms with Crippen molar-refractivity contribution in [2.24, 2.45) is 0 Å². The second kappa shape index (κ2) is 6.14. The summed E-state index contributed by atoms with van der Waals surface area (Å²) in [4.78, 5) is 11.1. The van der Waals surface area contributed by atoms with Crippen molar-refractivity contribution in [1.82, 2.24) is 0 Å². The minimum Gasteiger partial charge on any atom is -0.491 e. The van der Waals surface area contributed by atoms with Gasteiger partial charge in [0, 0.05) is 10.6 Å². The molecule has 21 heavy (non-hydrogen) atoms. The van der Waals surface area contributed by atoms with Crippen LogP contribution in [0.2, 0.25) is 5.02 Å². The second-order valence-corrected chi connectivity index (χ2v) is 5.28. The predicted molar refractivity (Wildman–Crippen MR) is 79.6 cm³/mol. The van der Waals surface area contributed by atoms with E-state index >= 15 is 0 Å². The summed E-state index contributed by atoms with van der Waals surface area (Å²) in [6.07, 6.45) is -0.0442. The van der Waals surface area contributed by atoms with E-state index in [0.717, 1.165) is 0 Å². The van der Waals surface area contributed by atoms with Gasteiger partial charge in [-0.2, -0.15) is 0 Å². The number of hydrogen-bond donors (Lipinski definition) is 1. The van der Waals surface area contributed by atoms with Gasteiger partial charge in [-0.05, 0) is 55.8 Å². The number of benzene rings is 2. The highest BCUT2D eigenvalue weighted by atomic mass is 35.5. The third-order valence-corrected chi connectivity index (χ3v) is 2.98. The third-order valence-electron chi connectivity index (χ3n) is 2.77. The quantitative estimate of drug-likeness (QED) is 0.895. The maximum absolute atomic E-state index is 14.0. The van der Waals surface area contributed by atoms with Crippen molar-refractivity contribution in [3.63, 3.8) is 0 Å². The first-order valence-corrected chi connectivity index (χ1v) is 6.75. The van der Waals surface area contributed by atoms with Crippen molar-refractivity contribution in [2.75, 3.05) is 0 Å². The molecule has 0 aliphatic heterocycles. The number of halogens is 2. The Labute approximate surface area is 126 Å². The molecular formula is C16H14ClFO3. The van der Waals surface area contributed by atoms with Gasteiger partial charge in [0.05, 0.1) is 11.7 Å². The fourth-order valence-electron chi connectivity index (χ4n) is 1.94. The van der Waals surface area contributed by atoms with Gasteiger partial charge in [0.25, 0.3) is 0 Å². The van der Waals surface area contributed by atoms with E-state index in [1.54, 1.807) is 0 Å². The monoisotopic (exact) mass is 308 g/mol. The lowest BCUT2D eigenvalue weighted by Gasteiger charge is -2.12. The van der Waals surface area contributed by atoms with Gasteiger partial charge in [-0.15, -0.1) is 0 Å². The van der Waals surface area contributed by atoms with Crippen LogP contribution in [0, 0.1) is 5.82 Å². The van der Waals surface area contributed by atoms with Gasteiger partial charge < -0.3 is 9.84 Å². The van der Waals surface area contributed by atoms with Crippen LogP contribution in [0.25, 0.3) is 11.1 Å². The molecule has 5 heteroatoms. The number of rotatable bonds is 4. The molecule has 0 heterocycles. The van der Waals surface area contributed by atoms with Crippen molar-refractivity contribution < 1.29 is 19.0 Å². The Morgan fingerprint density at radius 3 is 2.57 bits per heavy atom. The Bertz CT molecular complexity index is 683. The molecule has 2 rings (SSSR count). The molecule has 0 unspecified atom stereocenters. The zero-order chi connectivity index (χ0) is 15.6. The van der Waals surface area contributed by atoms with Gasteiger partial charge in [0.15, 0.2) is 0 Å². The van der Waals surface area contributed by atoms with Gasteiger partial charge in [0.1, 0.15) is 11.6 Å². The van der Waals surface area contributed by atoms with Crippen LogP contribution in [0.15, 0.2) is 36.4 Å². The van der Waals surface area contributed by atoms with Gasteiger partial charge in [-0.3, -0.25) is 0 Å². The maximum atomic E-state index is 14.0. The molecule has 0 amide bonds. The molecule has 0 spiro atoms. The first-order chi connectivity index (χ1) is 9.86. The molecule has 0 atom stereocenters. The standard InChI is InChI=1S/C16H14ClFO3/c1-9(2)21-13-3-4-15(18)14(8-13)10-5-11(16(19)20)7-12(17)6-10/h3-9H,1-2H3,(H,19,20). The molecule has 0 bridgehead atoms. The van der Waals surface area contributed by atoms with Crippen LogP contribution in [0.1, 0.15) is 24.2 Å². The van der Waals surface area contributed by atoms with Gasteiger partial charge in [0.2, 0.25) is 0 Å². The Kier molecular flexibility index (Phi) is 4.48. The molecule has 3 nitrogen and oxygen atoms in total. The second-order valence-electron chi connectivity index (χ2n) is 4.84. The Morgan fingerprint density at radius 1 is 1.24 bits per heavy atom. The molecule has 110 valence electrons. The fourth-order valence-corrected chi connectivity index (χ4v) is 2.17. The molecular weight excluding hydrogens is 295 g/mol. The molecule has 0 saturated carbocycles. The van der Waals surface area contributed by atoms with E-state index in [1.807, 2.05) is 13.8 Å². The predicted octanol–water partition coefficient (Wildman–Crippen LogP) is 4.63. The lowest BCUT2D eigenvalue weighted by atomic mass is 10.0. The zero-order valence-electron chi connectivity index (χ0n) is 11.6. The van der Waals surface area contributed by atoms with Crippen molar-refractivity contribution >= 4 is 17.6 Å². The zero-order valence-corrected chi connectivity index (χ0v) is 12.3. The van der Waals surface area contributed by atoms with Crippen LogP contribution < -0.4 is 4.74 Å². The fraction of sp³-hybridized carbons (Fsp3) is 0.188. The van der Waals surface area contributed by atoms with Crippen molar-refractivity contribution in [1.29, 1.82) is 0 Å². The highest BCUT2D eigenvalue weighted by Gasteiger charge is 2.12. The summed E-state index contributed by atoms with van der Waals surface area (Å²) in [5.74, 6) is -1.07. The maximum Gasteiger partial charge on any atom is 0.335 e. The number of hydrogen-bond acceptors (Lipinski definition) is 2. The van der Waals surface area contributed by atoms with Crippen LogP contribution >= 0.6 is 11.6 Å². The summed E-state index contributed by atoms with van der Waals surface area (Å²) in [6, 6.07) is 8.57. The van der Waals surface area contributed by atoms with E-state index in [2.05, 4.69) is 0 Å². The normalized spacial score (nSPS) is 10.7. The van der Waals surface area contributed by atoms with Crippen molar-refractivity contribution in [3.05, 3.63) is 52.8 Å². The largest absolute Gasteiger partial charge is 0.491 e. The van der Waals surface area contributed by atoms with Crippen LogP contribution in [0.5, 0.6) is 5.75 Å². The Morgan fingerprint density at radius 2 is 1.95 bits per heavy atom. The van der Waals surface area contributed by atoms with Gasteiger partial charge >= 0.3 is 5.97 Å². The number of carboxylic acid groups (broad SMARTS) is 1. The third kappa shape index (κ3) is 3.73. The van der Waals surface area contributed by atoms with Crippen LogP contribution in [-0.4, -0.2) is 17.2 Å². The first kappa shape index (κ1) is 15.3. The Balaban J connectivity index is 2.52. The van der Waals surface area contributed by atoms with Crippen molar-refractivity contribution in [2.45, 2.75) is 20.0 Å². The summed E-state index contributed by atoms with van der Waals surface area (Å²) in [7, 11) is 0. The SMILES string of the molecule is CC(C)Oc1ccc(F)c(-c2cc(Cl)cc(C(=O)O)c2)c1. The van der Waals surface area contributed by atoms with E-state index in [4.69, 9.17) is 21.4 Å². The highest BCUT2D eigenvalue weighted by Crippen LogP contribution is 2.30. The Hall–Kier alpha value is -2.07. The minimum absolute atomic E-state index is 0.00656. The molecule has 0 aliphatic carbocycles. The number of carboxylic acids is 1. The molecule has 2 aromatic rings. The summed E-state index contributed by atoms with van der Waals surface area (Å²) in [6.45, 7) is 3.73. The van der Waals surface area contributed by atoms with Gasteiger partial charge in [-0.1, -0.05) is 11.6 Å². The topological polar surface area (TPSA) is 46.5 Å². The van der Waals surface area contributed by atoms with E-state index in [0.29, 0.717) is 11.3 Å². The van der Waals surface area contributed by atoms with E-state index in [1.165, 1.54) is 36.4 Å². The summed E-state index contributed by atoms with van der Waals surface area (Å²) >= 11 is 5.90. The number of carbonyl (C=O) groups is 1. The van der Waals surface area contributed by atoms with E-state index in [-0.39, 0.29) is 22.3 Å². The smallest absolute Gasteiger partial charge is 0.335 e. The molecule has 0 aliphatic rings. The van der Waals surface area contributed by atoms with Gasteiger partial charge in [-0.25, -0.2) is 9.18 Å². The number of ether oxygens (including phenoxy) is 1. The van der Waals surface area contributed by atoms with Crippen LogP contribution in [0.4, 0.5) is 4.39 Å². The summed E-state index contributed by atoms with van der Waals surface area (Å²) < 4.78 is 19.5. The van der Waals surface area contributed by atoms with Crippen LogP contribution in [0.3, 0.4) is 0 Å². The number of aromatic carboxylic acids is 1. The lowest BCUT2D eigenvalue weighted by Crippen LogP contribution is -2.05. The minimum atomic E-state index is -1.12. The summed E-state index contributed by atoms with van der Waals surface area (Å²) in [5.41, 5.74) is 0.650. The average Bonchev–Trinajstić information content (AvgIpc) is 2.39. The molecule has 1 N–H and O–H groups in total. The van der Waals surface area contributed by atoms with E-state index < -0.39 is 11.8 Å². The molecule has 0 saturated heterocycles. The average molecular weight is 309 g/mol. The first-order valence-electron chi connectivity index (χ1n) is 6.37. The molecule has 0 fully saturated rings.